The van der Waals surface area contributed by atoms with Crippen molar-refractivity contribution in [3.8, 4) is 6.07 Å². The standard InChI is InChI=1S/C16H13ClN2/c17-15-10-14(8-7-13(15)11-18)19-9-3-5-12-4-1-2-6-16(12)19/h1-2,4,6-8,10H,3,5,9H2. The zero-order valence-electron chi connectivity index (χ0n) is 10.4. The lowest BCUT2D eigenvalue weighted by Gasteiger charge is -2.31. The Morgan fingerprint density at radius 2 is 2.00 bits per heavy atom. The fourth-order valence-corrected chi connectivity index (χ4v) is 2.78. The minimum absolute atomic E-state index is 0.517. The molecule has 0 atom stereocenters. The summed E-state index contributed by atoms with van der Waals surface area (Å²) in [4.78, 5) is 2.27. The maximum Gasteiger partial charge on any atom is 0.101 e. The largest absolute Gasteiger partial charge is 0.341 e. The Labute approximate surface area is 117 Å². The van der Waals surface area contributed by atoms with Crippen LogP contribution in [0.4, 0.5) is 11.4 Å². The third-order valence-corrected chi connectivity index (χ3v) is 3.81. The third kappa shape index (κ3) is 2.18. The zero-order valence-corrected chi connectivity index (χ0v) is 11.2. The van der Waals surface area contributed by atoms with Crippen molar-refractivity contribution in [3.63, 3.8) is 0 Å². The van der Waals surface area contributed by atoms with Crippen LogP contribution in [-0.4, -0.2) is 6.54 Å². The Morgan fingerprint density at radius 1 is 1.16 bits per heavy atom. The molecule has 2 aromatic rings. The van der Waals surface area contributed by atoms with Crippen LogP contribution in [0.15, 0.2) is 42.5 Å². The predicted molar refractivity (Wildman–Crippen MR) is 77.9 cm³/mol. The summed E-state index contributed by atoms with van der Waals surface area (Å²) in [7, 11) is 0. The zero-order chi connectivity index (χ0) is 13.2. The van der Waals surface area contributed by atoms with Crippen LogP contribution < -0.4 is 4.90 Å². The second-order valence-electron chi connectivity index (χ2n) is 4.66. The fourth-order valence-electron chi connectivity index (χ4n) is 2.56. The Balaban J connectivity index is 2.05. The summed E-state index contributed by atoms with van der Waals surface area (Å²) in [5.74, 6) is 0. The first kappa shape index (κ1) is 12.1. The van der Waals surface area contributed by atoms with E-state index in [4.69, 9.17) is 16.9 Å². The second kappa shape index (κ2) is 4.95. The normalized spacial score (nSPS) is 13.8. The van der Waals surface area contributed by atoms with E-state index in [2.05, 4.69) is 35.2 Å². The molecule has 0 radical (unpaired) electrons. The third-order valence-electron chi connectivity index (χ3n) is 3.50. The van der Waals surface area contributed by atoms with Crippen LogP contribution in [0.1, 0.15) is 17.5 Å². The summed E-state index contributed by atoms with van der Waals surface area (Å²) in [6, 6.07) is 16.2. The molecule has 0 unspecified atom stereocenters. The molecule has 0 fully saturated rings. The molecule has 0 spiro atoms. The van der Waals surface area contributed by atoms with Crippen molar-refractivity contribution < 1.29 is 0 Å². The van der Waals surface area contributed by atoms with E-state index in [-0.39, 0.29) is 0 Å². The van der Waals surface area contributed by atoms with E-state index >= 15 is 0 Å². The molecule has 1 heterocycles. The smallest absolute Gasteiger partial charge is 0.101 e. The lowest BCUT2D eigenvalue weighted by molar-refractivity contribution is 0.767. The Kier molecular flexibility index (Phi) is 3.15. The molecule has 19 heavy (non-hydrogen) atoms. The Hall–Kier alpha value is -1.98. The molecular weight excluding hydrogens is 256 g/mol. The number of anilines is 2. The number of nitriles is 1. The van der Waals surface area contributed by atoms with Gasteiger partial charge in [-0.05, 0) is 42.7 Å². The van der Waals surface area contributed by atoms with Crippen molar-refractivity contribution in [1.29, 1.82) is 5.26 Å². The van der Waals surface area contributed by atoms with Crippen LogP contribution in [0.3, 0.4) is 0 Å². The average Bonchev–Trinajstić information content (AvgIpc) is 2.46. The second-order valence-corrected chi connectivity index (χ2v) is 5.07. The van der Waals surface area contributed by atoms with Gasteiger partial charge < -0.3 is 4.90 Å². The van der Waals surface area contributed by atoms with Gasteiger partial charge in [-0.15, -0.1) is 0 Å². The van der Waals surface area contributed by atoms with Gasteiger partial charge in [0.1, 0.15) is 6.07 Å². The molecule has 0 N–H and O–H groups in total. The topological polar surface area (TPSA) is 27.0 Å². The van der Waals surface area contributed by atoms with E-state index in [0.717, 1.165) is 25.1 Å². The molecule has 0 aliphatic carbocycles. The molecule has 1 aliphatic rings. The summed E-state index contributed by atoms with van der Waals surface area (Å²) in [6.07, 6.45) is 2.26. The number of hydrogen-bond donors (Lipinski definition) is 0. The van der Waals surface area contributed by atoms with Gasteiger partial charge in [-0.25, -0.2) is 0 Å². The number of halogens is 1. The van der Waals surface area contributed by atoms with Gasteiger partial charge in [0.15, 0.2) is 0 Å². The molecule has 94 valence electrons. The quantitative estimate of drug-likeness (QED) is 0.771. The summed E-state index contributed by atoms with van der Waals surface area (Å²) in [6.45, 7) is 0.985. The summed E-state index contributed by atoms with van der Waals surface area (Å²) >= 11 is 6.13. The SMILES string of the molecule is N#Cc1ccc(N2CCCc3ccccc32)cc1Cl. The number of nitrogens with zero attached hydrogens (tertiary/aromatic N) is 2. The highest BCUT2D eigenvalue weighted by Crippen LogP contribution is 2.34. The first-order valence-corrected chi connectivity index (χ1v) is 6.72. The van der Waals surface area contributed by atoms with Crippen LogP contribution in [0.5, 0.6) is 0 Å². The van der Waals surface area contributed by atoms with E-state index in [1.807, 2.05) is 12.1 Å². The van der Waals surface area contributed by atoms with Crippen molar-refractivity contribution in [1.82, 2.24) is 0 Å². The molecule has 0 bridgehead atoms. The van der Waals surface area contributed by atoms with Crippen molar-refractivity contribution in [2.24, 2.45) is 0 Å². The summed E-state index contributed by atoms with van der Waals surface area (Å²) in [5, 5.41) is 9.45. The lowest BCUT2D eigenvalue weighted by atomic mass is 10.0. The van der Waals surface area contributed by atoms with E-state index in [1.165, 1.54) is 11.3 Å². The highest BCUT2D eigenvalue weighted by atomic mass is 35.5. The van der Waals surface area contributed by atoms with Crippen LogP contribution in [0, 0.1) is 11.3 Å². The molecule has 0 amide bonds. The molecule has 3 rings (SSSR count). The molecule has 0 saturated heterocycles. The summed E-state index contributed by atoms with van der Waals surface area (Å²) in [5.41, 5.74) is 4.19. The van der Waals surface area contributed by atoms with E-state index < -0.39 is 0 Å². The maximum absolute atomic E-state index is 8.93. The van der Waals surface area contributed by atoms with Crippen molar-refractivity contribution in [3.05, 3.63) is 58.6 Å². The van der Waals surface area contributed by atoms with Gasteiger partial charge in [-0.3, -0.25) is 0 Å². The highest BCUT2D eigenvalue weighted by Gasteiger charge is 2.18. The van der Waals surface area contributed by atoms with Gasteiger partial charge in [0.05, 0.1) is 10.6 Å². The van der Waals surface area contributed by atoms with Crippen molar-refractivity contribution in [2.75, 3.05) is 11.4 Å². The van der Waals surface area contributed by atoms with Crippen LogP contribution in [0.25, 0.3) is 0 Å². The predicted octanol–water partition coefficient (Wildman–Crippen LogP) is 4.30. The van der Waals surface area contributed by atoms with E-state index in [9.17, 15) is 0 Å². The fraction of sp³-hybridized carbons (Fsp3) is 0.188. The molecule has 2 aromatic carbocycles. The minimum Gasteiger partial charge on any atom is -0.341 e. The number of benzene rings is 2. The number of hydrogen-bond acceptors (Lipinski definition) is 2. The first-order valence-electron chi connectivity index (χ1n) is 6.34. The Morgan fingerprint density at radius 3 is 2.79 bits per heavy atom. The van der Waals surface area contributed by atoms with Crippen LogP contribution >= 0.6 is 11.6 Å². The van der Waals surface area contributed by atoms with Crippen molar-refractivity contribution in [2.45, 2.75) is 12.8 Å². The molecule has 1 aliphatic heterocycles. The van der Waals surface area contributed by atoms with E-state index in [1.54, 1.807) is 6.07 Å². The van der Waals surface area contributed by atoms with Gasteiger partial charge in [-0.1, -0.05) is 29.8 Å². The molecule has 0 aromatic heterocycles. The number of rotatable bonds is 1. The van der Waals surface area contributed by atoms with Crippen molar-refractivity contribution >= 4 is 23.0 Å². The minimum atomic E-state index is 0.517. The molecule has 3 heteroatoms. The molecule has 0 saturated carbocycles. The van der Waals surface area contributed by atoms with Gasteiger partial charge >= 0.3 is 0 Å². The number of fused-ring (bicyclic) bond motifs is 1. The van der Waals surface area contributed by atoms with Gasteiger partial charge in [-0.2, -0.15) is 5.26 Å². The maximum atomic E-state index is 8.93. The average molecular weight is 269 g/mol. The van der Waals surface area contributed by atoms with E-state index in [0.29, 0.717) is 10.6 Å². The number of aryl methyl sites for hydroxylation is 1. The van der Waals surface area contributed by atoms with Crippen LogP contribution in [0.2, 0.25) is 5.02 Å². The first-order chi connectivity index (χ1) is 9.29. The Bertz CT molecular complexity index is 658. The summed E-state index contributed by atoms with van der Waals surface area (Å²) < 4.78 is 0. The van der Waals surface area contributed by atoms with Gasteiger partial charge in [0.2, 0.25) is 0 Å². The number of para-hydroxylation sites is 1. The molecule has 2 nitrogen and oxygen atoms in total. The highest BCUT2D eigenvalue weighted by molar-refractivity contribution is 6.32. The monoisotopic (exact) mass is 268 g/mol. The van der Waals surface area contributed by atoms with Gasteiger partial charge in [0.25, 0.3) is 0 Å². The van der Waals surface area contributed by atoms with Gasteiger partial charge in [0, 0.05) is 17.9 Å². The lowest BCUT2D eigenvalue weighted by Crippen LogP contribution is -2.24. The van der Waals surface area contributed by atoms with Crippen LogP contribution in [-0.2, 0) is 6.42 Å². The molecular formula is C16H13ClN2.